The first-order valence-corrected chi connectivity index (χ1v) is 6.88. The molecule has 2 aromatic heterocycles. The van der Waals surface area contributed by atoms with Crippen molar-refractivity contribution in [3.05, 3.63) is 22.7 Å². The average Bonchev–Trinajstić information content (AvgIpc) is 3.16. The lowest BCUT2D eigenvalue weighted by Crippen LogP contribution is -2.29. The fourth-order valence-corrected chi connectivity index (χ4v) is 3.07. The quantitative estimate of drug-likeness (QED) is 0.866. The van der Waals surface area contributed by atoms with Crippen LogP contribution in [0.4, 0.5) is 0 Å². The highest BCUT2D eigenvalue weighted by molar-refractivity contribution is 7.12. The van der Waals surface area contributed by atoms with E-state index in [9.17, 15) is 4.79 Å². The second-order valence-corrected chi connectivity index (χ2v) is 5.39. The number of carbonyl (C=O) groups is 1. The monoisotopic (exact) mass is 279 g/mol. The van der Waals surface area contributed by atoms with E-state index >= 15 is 0 Å². The predicted octanol–water partition coefficient (Wildman–Crippen LogP) is 0.178. The van der Waals surface area contributed by atoms with Crippen LogP contribution in [0.3, 0.4) is 0 Å². The molecule has 2 aromatic rings. The minimum Gasteiger partial charge on any atom is -0.396 e. The van der Waals surface area contributed by atoms with Crippen molar-refractivity contribution in [1.82, 2.24) is 25.1 Å². The van der Waals surface area contributed by atoms with Gasteiger partial charge in [-0.15, -0.1) is 16.4 Å². The molecule has 7 nitrogen and oxygen atoms in total. The van der Waals surface area contributed by atoms with Gasteiger partial charge in [-0.2, -0.15) is 4.68 Å². The molecule has 19 heavy (non-hydrogen) atoms. The summed E-state index contributed by atoms with van der Waals surface area (Å²) in [6.45, 7) is 1.44. The number of aliphatic hydroxyl groups is 1. The molecular weight excluding hydrogens is 266 g/mol. The number of likely N-dealkylation sites (tertiary alicyclic amines) is 1. The molecular formula is C11H13N5O2S. The molecule has 0 bridgehead atoms. The summed E-state index contributed by atoms with van der Waals surface area (Å²) in [5, 5.41) is 22.0. The molecule has 1 aliphatic heterocycles. The molecule has 1 atom stereocenters. The van der Waals surface area contributed by atoms with Gasteiger partial charge in [-0.1, -0.05) is 0 Å². The highest BCUT2D eigenvalue weighted by Crippen LogP contribution is 2.25. The number of carbonyl (C=O) groups excluding carboxylic acids is 1. The van der Waals surface area contributed by atoms with Gasteiger partial charge in [0.2, 0.25) is 0 Å². The Hall–Kier alpha value is -1.80. The van der Waals surface area contributed by atoms with Crippen molar-refractivity contribution in [2.45, 2.75) is 6.42 Å². The molecule has 0 radical (unpaired) electrons. The van der Waals surface area contributed by atoms with Gasteiger partial charge in [0, 0.05) is 25.6 Å². The first-order valence-electron chi connectivity index (χ1n) is 6.00. The first kappa shape index (κ1) is 12.2. The maximum absolute atomic E-state index is 12.5. The third-order valence-electron chi connectivity index (χ3n) is 3.27. The lowest BCUT2D eigenvalue weighted by atomic mass is 10.1. The molecule has 0 saturated carbocycles. The molecule has 8 heteroatoms. The molecule has 1 aliphatic rings. The van der Waals surface area contributed by atoms with Gasteiger partial charge in [0.25, 0.3) is 5.91 Å². The van der Waals surface area contributed by atoms with Crippen LogP contribution in [0, 0.1) is 5.92 Å². The van der Waals surface area contributed by atoms with Crippen LogP contribution in [0.15, 0.2) is 17.8 Å². The van der Waals surface area contributed by atoms with Crippen molar-refractivity contribution in [3.63, 3.8) is 0 Å². The highest BCUT2D eigenvalue weighted by atomic mass is 32.1. The SMILES string of the molecule is O=C(c1sccc1-n1cnnn1)N1CCC(CO)C1. The minimum atomic E-state index is -0.0172. The van der Waals surface area contributed by atoms with Crippen molar-refractivity contribution in [1.29, 1.82) is 0 Å². The summed E-state index contributed by atoms with van der Waals surface area (Å²) < 4.78 is 1.49. The van der Waals surface area contributed by atoms with Crippen LogP contribution < -0.4 is 0 Å². The zero-order valence-electron chi connectivity index (χ0n) is 10.1. The highest BCUT2D eigenvalue weighted by Gasteiger charge is 2.28. The van der Waals surface area contributed by atoms with E-state index in [1.807, 2.05) is 11.4 Å². The number of aliphatic hydroxyl groups excluding tert-OH is 1. The normalized spacial score (nSPS) is 19.0. The van der Waals surface area contributed by atoms with E-state index in [1.165, 1.54) is 22.3 Å². The third-order valence-corrected chi connectivity index (χ3v) is 4.16. The molecule has 1 unspecified atom stereocenters. The van der Waals surface area contributed by atoms with Gasteiger partial charge in [-0.3, -0.25) is 4.79 Å². The van der Waals surface area contributed by atoms with Crippen molar-refractivity contribution in [3.8, 4) is 5.69 Å². The summed E-state index contributed by atoms with van der Waals surface area (Å²) >= 11 is 1.38. The molecule has 0 aliphatic carbocycles. The Morgan fingerprint density at radius 1 is 1.58 bits per heavy atom. The minimum absolute atomic E-state index is 0.0172. The third kappa shape index (κ3) is 2.24. The Kier molecular flexibility index (Phi) is 3.26. The van der Waals surface area contributed by atoms with Crippen molar-refractivity contribution >= 4 is 17.2 Å². The van der Waals surface area contributed by atoms with E-state index in [0.717, 1.165) is 6.42 Å². The summed E-state index contributed by atoms with van der Waals surface area (Å²) in [7, 11) is 0. The molecule has 100 valence electrons. The number of aromatic nitrogens is 4. The molecule has 1 N–H and O–H groups in total. The van der Waals surface area contributed by atoms with E-state index in [2.05, 4.69) is 15.5 Å². The van der Waals surface area contributed by atoms with Gasteiger partial charge in [-0.05, 0) is 28.3 Å². The number of tetrazole rings is 1. The van der Waals surface area contributed by atoms with Crippen LogP contribution >= 0.6 is 11.3 Å². The maximum atomic E-state index is 12.5. The summed E-state index contributed by atoms with van der Waals surface area (Å²) in [5.41, 5.74) is 0.701. The van der Waals surface area contributed by atoms with Crippen LogP contribution in [0.5, 0.6) is 0 Å². The van der Waals surface area contributed by atoms with Crippen molar-refractivity contribution in [2.75, 3.05) is 19.7 Å². The van der Waals surface area contributed by atoms with Crippen LogP contribution in [0.2, 0.25) is 0 Å². The van der Waals surface area contributed by atoms with Crippen LogP contribution in [0.1, 0.15) is 16.1 Å². The van der Waals surface area contributed by atoms with Gasteiger partial charge in [-0.25, -0.2) is 0 Å². The second kappa shape index (κ2) is 5.06. The number of amides is 1. The molecule has 1 fully saturated rings. The van der Waals surface area contributed by atoms with Crippen molar-refractivity contribution in [2.24, 2.45) is 5.92 Å². The van der Waals surface area contributed by atoms with Gasteiger partial charge >= 0.3 is 0 Å². The van der Waals surface area contributed by atoms with E-state index in [-0.39, 0.29) is 18.4 Å². The lowest BCUT2D eigenvalue weighted by Gasteiger charge is -2.15. The zero-order valence-corrected chi connectivity index (χ0v) is 11.0. The number of thiophene rings is 1. The van der Waals surface area contributed by atoms with E-state index in [1.54, 1.807) is 4.90 Å². The molecule has 0 aromatic carbocycles. The van der Waals surface area contributed by atoms with E-state index in [0.29, 0.717) is 23.7 Å². The molecule has 1 saturated heterocycles. The summed E-state index contributed by atoms with van der Waals surface area (Å²) in [6, 6.07) is 1.83. The van der Waals surface area contributed by atoms with Gasteiger partial charge in [0.05, 0.1) is 5.69 Å². The number of rotatable bonds is 3. The Labute approximate surface area is 113 Å². The summed E-state index contributed by atoms with van der Waals surface area (Å²) in [6.07, 6.45) is 2.33. The average molecular weight is 279 g/mol. The first-order chi connectivity index (χ1) is 9.29. The largest absolute Gasteiger partial charge is 0.396 e. The summed E-state index contributed by atoms with van der Waals surface area (Å²) in [5.74, 6) is 0.178. The lowest BCUT2D eigenvalue weighted by molar-refractivity contribution is 0.0786. The van der Waals surface area contributed by atoms with Crippen molar-refractivity contribution < 1.29 is 9.90 Å². The standard InChI is InChI=1S/C11H13N5O2S/c17-6-8-1-3-15(5-8)11(18)10-9(2-4-19-10)16-7-12-13-14-16/h2,4,7-8,17H,1,3,5-6H2. The summed E-state index contributed by atoms with van der Waals surface area (Å²) in [4.78, 5) is 14.9. The van der Waals surface area contributed by atoms with Gasteiger partial charge in [0.1, 0.15) is 11.2 Å². The number of hydrogen-bond donors (Lipinski definition) is 1. The predicted molar refractivity (Wildman–Crippen MR) is 68.1 cm³/mol. The Morgan fingerprint density at radius 2 is 2.47 bits per heavy atom. The molecule has 3 heterocycles. The van der Waals surface area contributed by atoms with Crippen LogP contribution in [-0.2, 0) is 0 Å². The Balaban J connectivity index is 1.83. The number of nitrogens with zero attached hydrogens (tertiary/aromatic N) is 5. The fraction of sp³-hybridized carbons (Fsp3) is 0.455. The second-order valence-electron chi connectivity index (χ2n) is 4.48. The topological polar surface area (TPSA) is 84.1 Å². The molecule has 0 spiro atoms. The zero-order chi connectivity index (χ0) is 13.2. The molecule has 3 rings (SSSR count). The van der Waals surface area contributed by atoms with Gasteiger partial charge < -0.3 is 10.0 Å². The fourth-order valence-electron chi connectivity index (χ4n) is 2.22. The van der Waals surface area contributed by atoms with Crippen LogP contribution in [-0.4, -0.2) is 55.8 Å². The maximum Gasteiger partial charge on any atom is 0.266 e. The molecule has 1 amide bonds. The van der Waals surface area contributed by atoms with E-state index < -0.39 is 0 Å². The smallest absolute Gasteiger partial charge is 0.266 e. The Morgan fingerprint density at radius 3 is 3.16 bits per heavy atom. The number of hydrogen-bond acceptors (Lipinski definition) is 6. The van der Waals surface area contributed by atoms with E-state index in [4.69, 9.17) is 5.11 Å². The van der Waals surface area contributed by atoms with Crippen LogP contribution in [0.25, 0.3) is 5.69 Å². The Bertz CT molecular complexity index is 567. The van der Waals surface area contributed by atoms with Gasteiger partial charge in [0.15, 0.2) is 0 Å².